The van der Waals surface area contributed by atoms with Gasteiger partial charge in [0, 0.05) is 40.9 Å². The van der Waals surface area contributed by atoms with E-state index in [4.69, 9.17) is 0 Å². The lowest BCUT2D eigenvalue weighted by Crippen LogP contribution is -2.26. The van der Waals surface area contributed by atoms with Gasteiger partial charge in [-0.25, -0.2) is 0 Å². The number of hydrogen-bond donors (Lipinski definition) is 0. The highest BCUT2D eigenvalue weighted by Crippen LogP contribution is 2.56. The Kier molecular flexibility index (Phi) is 11.4. The van der Waals surface area contributed by atoms with E-state index in [1.165, 1.54) is 126 Å². The van der Waals surface area contributed by atoms with Crippen LogP contribution in [0, 0.1) is 6.92 Å². The van der Waals surface area contributed by atoms with Gasteiger partial charge in [-0.15, -0.1) is 0 Å². The maximum absolute atomic E-state index is 2.56. The standard InChI is InChI=1S/C51H56N2/c1-5-7-9-17-35-51(36-18-10-8-6-2)49-37-39(3)23-33-47(49)48-34-32-46(38-50(48)51)53(44-21-15-12-16-22-44)45-30-26-41(27-31-45)40-24-28-43(29-25-40)52(4)42-19-13-11-14-20-42/h11-16,19-34,37-38H,5-10,17-18,35-36H2,1-4H3. The monoisotopic (exact) mass is 696 g/mol. The fraction of sp³-hybridized carbons (Fsp3) is 0.294. The molecule has 0 aliphatic heterocycles. The molecule has 0 atom stereocenters. The predicted octanol–water partition coefficient (Wildman–Crippen LogP) is 15.1. The quantitative estimate of drug-likeness (QED) is 0.0930. The van der Waals surface area contributed by atoms with Crippen LogP contribution in [0.3, 0.4) is 0 Å². The van der Waals surface area contributed by atoms with Gasteiger partial charge in [0.15, 0.2) is 0 Å². The van der Waals surface area contributed by atoms with E-state index in [0.29, 0.717) is 0 Å². The van der Waals surface area contributed by atoms with Crippen LogP contribution in [0.25, 0.3) is 22.3 Å². The Hall–Kier alpha value is -5.08. The van der Waals surface area contributed by atoms with E-state index in [1.54, 1.807) is 5.56 Å². The van der Waals surface area contributed by atoms with Gasteiger partial charge in [-0.2, -0.15) is 0 Å². The topological polar surface area (TPSA) is 6.48 Å². The molecule has 0 heterocycles. The first kappa shape index (κ1) is 36.3. The Morgan fingerprint density at radius 2 is 0.887 bits per heavy atom. The maximum atomic E-state index is 2.56. The van der Waals surface area contributed by atoms with Gasteiger partial charge in [-0.3, -0.25) is 0 Å². The van der Waals surface area contributed by atoms with Crippen LogP contribution in [0.2, 0.25) is 0 Å². The predicted molar refractivity (Wildman–Crippen MR) is 230 cm³/mol. The zero-order valence-corrected chi connectivity index (χ0v) is 32.3. The van der Waals surface area contributed by atoms with Crippen molar-refractivity contribution in [2.75, 3.05) is 16.8 Å². The first-order valence-corrected chi connectivity index (χ1v) is 20.1. The normalized spacial score (nSPS) is 12.7. The van der Waals surface area contributed by atoms with Crippen LogP contribution in [0.15, 0.2) is 146 Å². The molecule has 2 heteroatoms. The van der Waals surface area contributed by atoms with Crippen molar-refractivity contribution >= 4 is 28.4 Å². The molecule has 0 amide bonds. The fourth-order valence-corrected chi connectivity index (χ4v) is 8.61. The van der Waals surface area contributed by atoms with Crippen LogP contribution >= 0.6 is 0 Å². The van der Waals surface area contributed by atoms with Crippen LogP contribution in [-0.4, -0.2) is 7.05 Å². The molecule has 0 aromatic heterocycles. The minimum Gasteiger partial charge on any atom is -0.345 e. The molecule has 0 radical (unpaired) electrons. The number of rotatable bonds is 16. The first-order chi connectivity index (χ1) is 26.0. The van der Waals surface area contributed by atoms with E-state index < -0.39 is 0 Å². The molecule has 0 N–H and O–H groups in total. The molecule has 2 nitrogen and oxygen atoms in total. The average molecular weight is 697 g/mol. The molecule has 53 heavy (non-hydrogen) atoms. The van der Waals surface area contributed by atoms with E-state index in [2.05, 4.69) is 183 Å². The summed E-state index contributed by atoms with van der Waals surface area (Å²) in [5, 5.41) is 0. The van der Waals surface area contributed by atoms with Crippen LogP contribution in [0.4, 0.5) is 28.4 Å². The van der Waals surface area contributed by atoms with E-state index in [9.17, 15) is 0 Å². The summed E-state index contributed by atoms with van der Waals surface area (Å²) in [4.78, 5) is 4.68. The van der Waals surface area contributed by atoms with Crippen molar-refractivity contribution in [1.82, 2.24) is 0 Å². The van der Waals surface area contributed by atoms with E-state index in [-0.39, 0.29) is 5.41 Å². The molecule has 7 rings (SSSR count). The summed E-state index contributed by atoms with van der Waals surface area (Å²) in [7, 11) is 2.12. The summed E-state index contributed by atoms with van der Waals surface area (Å²) in [6.45, 7) is 6.91. The largest absolute Gasteiger partial charge is 0.345 e. The first-order valence-electron chi connectivity index (χ1n) is 20.1. The highest BCUT2D eigenvalue weighted by atomic mass is 15.1. The number of benzene rings is 6. The van der Waals surface area contributed by atoms with Crippen LogP contribution in [0.5, 0.6) is 0 Å². The number of aryl methyl sites for hydroxylation is 1. The Morgan fingerprint density at radius 1 is 0.434 bits per heavy atom. The lowest BCUT2D eigenvalue weighted by atomic mass is 9.70. The van der Waals surface area contributed by atoms with E-state index >= 15 is 0 Å². The minimum atomic E-state index is 0.0428. The zero-order chi connectivity index (χ0) is 36.6. The smallest absolute Gasteiger partial charge is 0.0465 e. The van der Waals surface area contributed by atoms with Crippen molar-refractivity contribution in [2.24, 2.45) is 0 Å². The van der Waals surface area contributed by atoms with Crippen molar-refractivity contribution in [3.05, 3.63) is 162 Å². The number of anilines is 5. The molecule has 0 bridgehead atoms. The molecule has 0 saturated carbocycles. The van der Waals surface area contributed by atoms with Gasteiger partial charge in [0.25, 0.3) is 0 Å². The number of fused-ring (bicyclic) bond motifs is 3. The highest BCUT2D eigenvalue weighted by Gasteiger charge is 2.42. The third-order valence-corrected chi connectivity index (χ3v) is 11.5. The molecule has 1 aliphatic carbocycles. The third kappa shape index (κ3) is 7.70. The fourth-order valence-electron chi connectivity index (χ4n) is 8.61. The van der Waals surface area contributed by atoms with E-state index in [1.807, 2.05) is 0 Å². The molecule has 6 aromatic rings. The Bertz CT molecular complexity index is 2050. The van der Waals surface area contributed by atoms with Gasteiger partial charge in [0.1, 0.15) is 0 Å². The SMILES string of the molecule is CCCCCCC1(CCCCCC)c2cc(C)ccc2-c2ccc(N(c3ccccc3)c3ccc(-c4ccc(N(C)c5ccccc5)cc4)cc3)cc21. The number of para-hydroxylation sites is 2. The lowest BCUT2D eigenvalue weighted by Gasteiger charge is -2.34. The summed E-state index contributed by atoms with van der Waals surface area (Å²) in [6.07, 6.45) is 12.7. The summed E-state index contributed by atoms with van der Waals surface area (Å²) in [5.41, 5.74) is 15.7. The van der Waals surface area contributed by atoms with Crippen molar-refractivity contribution in [2.45, 2.75) is 90.4 Å². The number of unbranched alkanes of at least 4 members (excludes halogenated alkanes) is 6. The summed E-state index contributed by atoms with van der Waals surface area (Å²) < 4.78 is 0. The maximum Gasteiger partial charge on any atom is 0.0465 e. The second-order valence-electron chi connectivity index (χ2n) is 15.1. The van der Waals surface area contributed by atoms with Crippen molar-refractivity contribution in [3.63, 3.8) is 0 Å². The van der Waals surface area contributed by atoms with Gasteiger partial charge >= 0.3 is 0 Å². The van der Waals surface area contributed by atoms with Crippen LogP contribution in [0.1, 0.15) is 94.7 Å². The average Bonchev–Trinajstić information content (AvgIpc) is 3.47. The number of hydrogen-bond acceptors (Lipinski definition) is 2. The molecule has 270 valence electrons. The molecular weight excluding hydrogens is 641 g/mol. The van der Waals surface area contributed by atoms with Crippen molar-refractivity contribution in [3.8, 4) is 22.3 Å². The summed E-state index contributed by atoms with van der Waals surface area (Å²) >= 11 is 0. The van der Waals surface area contributed by atoms with E-state index in [0.717, 1.165) is 0 Å². The Labute approximate surface area is 319 Å². The molecule has 0 spiro atoms. The lowest BCUT2D eigenvalue weighted by molar-refractivity contribution is 0.401. The van der Waals surface area contributed by atoms with Gasteiger partial charge < -0.3 is 9.80 Å². The molecule has 0 unspecified atom stereocenters. The van der Waals surface area contributed by atoms with Gasteiger partial charge in [0.05, 0.1) is 0 Å². The molecule has 0 fully saturated rings. The number of nitrogens with zero attached hydrogens (tertiary/aromatic N) is 2. The Balaban J connectivity index is 1.25. The summed E-state index contributed by atoms with van der Waals surface area (Å²) in [6, 6.07) is 54.1. The molecule has 6 aromatic carbocycles. The second kappa shape index (κ2) is 16.7. The van der Waals surface area contributed by atoms with Gasteiger partial charge in [-0.05, 0) is 114 Å². The Morgan fingerprint density at radius 3 is 1.45 bits per heavy atom. The van der Waals surface area contributed by atoms with Crippen molar-refractivity contribution < 1.29 is 0 Å². The molecule has 1 aliphatic rings. The van der Waals surface area contributed by atoms with Crippen molar-refractivity contribution in [1.29, 1.82) is 0 Å². The van der Waals surface area contributed by atoms with Crippen LogP contribution in [-0.2, 0) is 5.41 Å². The second-order valence-corrected chi connectivity index (χ2v) is 15.1. The zero-order valence-electron chi connectivity index (χ0n) is 32.3. The third-order valence-electron chi connectivity index (χ3n) is 11.5. The molecule has 0 saturated heterocycles. The van der Waals surface area contributed by atoms with Crippen LogP contribution < -0.4 is 9.80 Å². The highest BCUT2D eigenvalue weighted by molar-refractivity contribution is 5.86. The summed E-state index contributed by atoms with van der Waals surface area (Å²) in [5.74, 6) is 0. The minimum absolute atomic E-state index is 0.0428. The molecular formula is C51H56N2. The van der Waals surface area contributed by atoms with Gasteiger partial charge in [0.2, 0.25) is 0 Å². The van der Waals surface area contributed by atoms with Gasteiger partial charge in [-0.1, -0.05) is 156 Å².